The summed E-state index contributed by atoms with van der Waals surface area (Å²) in [4.78, 5) is 4.29. The molecule has 1 nitrogen and oxygen atoms in total. The van der Waals surface area contributed by atoms with Gasteiger partial charge in [0.1, 0.15) is 0 Å². The zero-order chi connectivity index (χ0) is 7.68. The van der Waals surface area contributed by atoms with E-state index in [1.807, 2.05) is 12.3 Å². The van der Waals surface area contributed by atoms with Gasteiger partial charge in [-0.15, -0.1) is 0 Å². The molecule has 2 aliphatic rings. The number of nitrogens with zero attached hydrogens (tertiary/aromatic N) is 1. The number of dihydropyridines is 1. The number of hydrogen-bond donors (Lipinski definition) is 0. The molecule has 0 bridgehead atoms. The van der Waals surface area contributed by atoms with Gasteiger partial charge in [0.25, 0.3) is 0 Å². The molecule has 1 atom stereocenters. The Bertz CT molecular complexity index is 279. The van der Waals surface area contributed by atoms with Crippen molar-refractivity contribution >= 4 is 6.21 Å². The van der Waals surface area contributed by atoms with Crippen LogP contribution in [-0.2, 0) is 0 Å². The highest BCUT2D eigenvalue weighted by Crippen LogP contribution is 2.28. The Hall–Kier alpha value is -1.11. The predicted molar refractivity (Wildman–Crippen MR) is 47.6 cm³/mol. The van der Waals surface area contributed by atoms with Gasteiger partial charge >= 0.3 is 0 Å². The fraction of sp³-hybridized carbons (Fsp3) is 0.300. The van der Waals surface area contributed by atoms with Crippen LogP contribution in [0.4, 0.5) is 0 Å². The molecule has 1 heteroatoms. The van der Waals surface area contributed by atoms with Crippen molar-refractivity contribution in [2.45, 2.75) is 13.3 Å². The molecule has 1 heterocycles. The van der Waals surface area contributed by atoms with Crippen LogP contribution in [0.3, 0.4) is 0 Å². The maximum Gasteiger partial charge on any atom is 0.0475 e. The van der Waals surface area contributed by atoms with Crippen LogP contribution < -0.4 is 0 Å². The van der Waals surface area contributed by atoms with E-state index in [0.29, 0.717) is 5.92 Å². The Labute approximate surface area is 66.8 Å². The van der Waals surface area contributed by atoms with Crippen LogP contribution in [0.5, 0.6) is 0 Å². The summed E-state index contributed by atoms with van der Waals surface area (Å²) < 4.78 is 0. The van der Waals surface area contributed by atoms with E-state index in [0.717, 1.165) is 6.42 Å². The SMILES string of the molecule is CC1=CC=C2N=CC=CC2C1. The average molecular weight is 145 g/mol. The second-order valence-electron chi connectivity index (χ2n) is 3.08. The van der Waals surface area contributed by atoms with Crippen LogP contribution in [0, 0.1) is 5.92 Å². The maximum absolute atomic E-state index is 4.29. The summed E-state index contributed by atoms with van der Waals surface area (Å²) in [5.74, 6) is 0.546. The van der Waals surface area contributed by atoms with E-state index in [4.69, 9.17) is 0 Å². The molecule has 0 aromatic carbocycles. The lowest BCUT2D eigenvalue weighted by molar-refractivity contribution is 0.721. The molecule has 56 valence electrons. The van der Waals surface area contributed by atoms with Crippen molar-refractivity contribution in [3.8, 4) is 0 Å². The smallest absolute Gasteiger partial charge is 0.0475 e. The topological polar surface area (TPSA) is 12.4 Å². The van der Waals surface area contributed by atoms with E-state index in [-0.39, 0.29) is 0 Å². The third-order valence-electron chi connectivity index (χ3n) is 2.11. The van der Waals surface area contributed by atoms with Crippen LogP contribution in [0.1, 0.15) is 13.3 Å². The molecule has 0 saturated heterocycles. The summed E-state index contributed by atoms with van der Waals surface area (Å²) in [5, 5.41) is 0. The molecule has 0 amide bonds. The summed E-state index contributed by atoms with van der Waals surface area (Å²) >= 11 is 0. The summed E-state index contributed by atoms with van der Waals surface area (Å²) in [7, 11) is 0. The van der Waals surface area contributed by atoms with Crippen LogP contribution in [0.15, 0.2) is 40.6 Å². The van der Waals surface area contributed by atoms with Gasteiger partial charge in [-0.05, 0) is 25.5 Å². The Morgan fingerprint density at radius 3 is 3.27 bits per heavy atom. The van der Waals surface area contributed by atoms with E-state index in [1.54, 1.807) is 0 Å². The highest BCUT2D eigenvalue weighted by Gasteiger charge is 2.15. The molecule has 0 fully saturated rings. The van der Waals surface area contributed by atoms with E-state index < -0.39 is 0 Å². The highest BCUT2D eigenvalue weighted by molar-refractivity contribution is 5.74. The zero-order valence-corrected chi connectivity index (χ0v) is 6.62. The third kappa shape index (κ3) is 1.18. The van der Waals surface area contributed by atoms with Crippen molar-refractivity contribution < 1.29 is 0 Å². The quantitative estimate of drug-likeness (QED) is 0.496. The average Bonchev–Trinajstić information content (AvgIpc) is 2.04. The monoisotopic (exact) mass is 145 g/mol. The zero-order valence-electron chi connectivity index (χ0n) is 6.62. The standard InChI is InChI=1S/C10H11N/c1-8-4-5-10-9(7-8)3-2-6-11-10/h2-6,9H,7H2,1H3. The first kappa shape index (κ1) is 6.59. The van der Waals surface area contributed by atoms with Gasteiger partial charge in [0, 0.05) is 17.8 Å². The van der Waals surface area contributed by atoms with Gasteiger partial charge in [0.2, 0.25) is 0 Å². The van der Waals surface area contributed by atoms with E-state index >= 15 is 0 Å². The van der Waals surface area contributed by atoms with Gasteiger partial charge < -0.3 is 0 Å². The first-order valence-corrected chi connectivity index (χ1v) is 3.94. The van der Waals surface area contributed by atoms with E-state index in [1.165, 1.54) is 11.3 Å². The number of hydrogen-bond acceptors (Lipinski definition) is 1. The number of aliphatic imine (C=N–C) groups is 1. The van der Waals surface area contributed by atoms with Gasteiger partial charge in [-0.2, -0.15) is 0 Å². The lowest BCUT2D eigenvalue weighted by Gasteiger charge is -2.19. The number of rotatable bonds is 0. The fourth-order valence-electron chi connectivity index (χ4n) is 1.49. The Morgan fingerprint density at radius 2 is 2.36 bits per heavy atom. The third-order valence-corrected chi connectivity index (χ3v) is 2.11. The molecule has 0 aromatic heterocycles. The second kappa shape index (κ2) is 2.50. The molecule has 0 N–H and O–H groups in total. The van der Waals surface area contributed by atoms with Crippen LogP contribution >= 0.6 is 0 Å². The Morgan fingerprint density at radius 1 is 1.45 bits per heavy atom. The van der Waals surface area contributed by atoms with Crippen LogP contribution in [-0.4, -0.2) is 6.21 Å². The molecule has 0 spiro atoms. The molecule has 1 unspecified atom stereocenters. The number of fused-ring (bicyclic) bond motifs is 1. The highest BCUT2D eigenvalue weighted by atomic mass is 14.7. The molecule has 1 aliphatic carbocycles. The summed E-state index contributed by atoms with van der Waals surface area (Å²) in [6.07, 6.45) is 11.5. The lowest BCUT2D eigenvalue weighted by Crippen LogP contribution is -2.06. The van der Waals surface area contributed by atoms with Crippen molar-refractivity contribution in [2.75, 3.05) is 0 Å². The molecular formula is C10H11N. The van der Waals surface area contributed by atoms with Crippen LogP contribution in [0.25, 0.3) is 0 Å². The van der Waals surface area contributed by atoms with Crippen LogP contribution in [0.2, 0.25) is 0 Å². The Balaban J connectivity index is 2.33. The summed E-state index contributed by atoms with van der Waals surface area (Å²) in [5.41, 5.74) is 2.65. The maximum atomic E-state index is 4.29. The van der Waals surface area contributed by atoms with Gasteiger partial charge in [-0.25, -0.2) is 0 Å². The van der Waals surface area contributed by atoms with E-state index in [2.05, 4.69) is 30.1 Å². The molecule has 0 radical (unpaired) electrons. The normalized spacial score (nSPS) is 27.5. The summed E-state index contributed by atoms with van der Waals surface area (Å²) in [6.45, 7) is 2.17. The van der Waals surface area contributed by atoms with Gasteiger partial charge in [0.05, 0.1) is 0 Å². The predicted octanol–water partition coefficient (Wildman–Crippen LogP) is 2.48. The molecule has 0 saturated carbocycles. The molecule has 11 heavy (non-hydrogen) atoms. The van der Waals surface area contributed by atoms with Gasteiger partial charge in [-0.1, -0.05) is 17.7 Å². The van der Waals surface area contributed by atoms with Crippen molar-refractivity contribution in [2.24, 2.45) is 10.9 Å². The fourth-order valence-corrected chi connectivity index (χ4v) is 1.49. The minimum Gasteiger partial charge on any atom is -0.261 e. The molecule has 0 aromatic rings. The van der Waals surface area contributed by atoms with Gasteiger partial charge in [-0.3, -0.25) is 4.99 Å². The van der Waals surface area contributed by atoms with Crippen molar-refractivity contribution in [1.82, 2.24) is 0 Å². The summed E-state index contributed by atoms with van der Waals surface area (Å²) in [6, 6.07) is 0. The largest absolute Gasteiger partial charge is 0.261 e. The second-order valence-corrected chi connectivity index (χ2v) is 3.08. The molecular weight excluding hydrogens is 134 g/mol. The van der Waals surface area contributed by atoms with Crippen molar-refractivity contribution in [1.29, 1.82) is 0 Å². The first-order valence-electron chi connectivity index (χ1n) is 3.94. The first-order chi connectivity index (χ1) is 5.36. The molecule has 2 rings (SSSR count). The number of allylic oxidation sites excluding steroid dienone is 5. The minimum absolute atomic E-state index is 0.546. The molecule has 1 aliphatic heterocycles. The minimum atomic E-state index is 0.546. The Kier molecular flexibility index (Phi) is 1.50. The lowest BCUT2D eigenvalue weighted by atomic mass is 9.91. The van der Waals surface area contributed by atoms with E-state index in [9.17, 15) is 0 Å². The van der Waals surface area contributed by atoms with Crippen molar-refractivity contribution in [3.05, 3.63) is 35.6 Å². The van der Waals surface area contributed by atoms with Gasteiger partial charge in [0.15, 0.2) is 0 Å². The van der Waals surface area contributed by atoms with Crippen molar-refractivity contribution in [3.63, 3.8) is 0 Å².